The van der Waals surface area contributed by atoms with Gasteiger partial charge in [0.1, 0.15) is 6.04 Å². The highest BCUT2D eigenvalue weighted by Crippen LogP contribution is 2.36. The van der Waals surface area contributed by atoms with Crippen molar-refractivity contribution >= 4 is 27.5 Å². The molecule has 212 valence electrons. The number of anilines is 1. The molecule has 1 unspecified atom stereocenters. The molecule has 0 aromatic heterocycles. The highest BCUT2D eigenvalue weighted by atomic mass is 32.2. The number of rotatable bonds is 12. The first-order valence-corrected chi connectivity index (χ1v) is 15.5. The van der Waals surface area contributed by atoms with Crippen molar-refractivity contribution in [2.45, 2.75) is 77.4 Å². The van der Waals surface area contributed by atoms with Crippen LogP contribution in [0.15, 0.2) is 42.5 Å². The molecule has 2 aliphatic rings. The minimum atomic E-state index is -3.61. The molecule has 1 atom stereocenters. The fourth-order valence-corrected chi connectivity index (χ4v) is 6.18. The molecular formula is C29H39N3O6S. The first-order valence-electron chi connectivity index (χ1n) is 13.7. The lowest BCUT2D eigenvalue weighted by molar-refractivity contribution is -0.141. The van der Waals surface area contributed by atoms with Gasteiger partial charge in [-0.15, -0.1) is 0 Å². The molecule has 2 aromatic rings. The van der Waals surface area contributed by atoms with Crippen molar-refractivity contribution in [3.05, 3.63) is 53.6 Å². The van der Waals surface area contributed by atoms with Crippen molar-refractivity contribution in [1.29, 1.82) is 0 Å². The van der Waals surface area contributed by atoms with E-state index in [4.69, 9.17) is 9.47 Å². The van der Waals surface area contributed by atoms with E-state index in [0.29, 0.717) is 36.6 Å². The van der Waals surface area contributed by atoms with Crippen LogP contribution in [0.25, 0.3) is 0 Å². The average Bonchev–Trinajstić information content (AvgIpc) is 3.58. The SMILES string of the molecule is CCC(C(=O)NC1CCCC1)N(Cc1ccc(C)cc1)C(=O)CCCN(c1ccc2c(c1)OCO2)S(C)(=O)=O. The van der Waals surface area contributed by atoms with Crippen molar-refractivity contribution in [3.8, 4) is 11.5 Å². The van der Waals surface area contributed by atoms with Gasteiger partial charge in [-0.25, -0.2) is 8.42 Å². The summed E-state index contributed by atoms with van der Waals surface area (Å²) in [5, 5.41) is 3.15. The van der Waals surface area contributed by atoms with Gasteiger partial charge in [0.15, 0.2) is 11.5 Å². The molecule has 4 rings (SSSR count). The Morgan fingerprint density at radius 1 is 1.05 bits per heavy atom. The summed E-state index contributed by atoms with van der Waals surface area (Å²) in [6.45, 7) is 4.45. The van der Waals surface area contributed by atoms with Gasteiger partial charge in [0.2, 0.25) is 28.6 Å². The normalized spacial score (nSPS) is 15.7. The summed E-state index contributed by atoms with van der Waals surface area (Å²) in [5.74, 6) is 0.752. The maximum absolute atomic E-state index is 13.6. The number of nitrogens with zero attached hydrogens (tertiary/aromatic N) is 2. The van der Waals surface area contributed by atoms with E-state index in [1.54, 1.807) is 23.1 Å². The molecule has 1 saturated carbocycles. The summed E-state index contributed by atoms with van der Waals surface area (Å²) in [5.41, 5.74) is 2.51. The first kappa shape index (κ1) is 28.7. The van der Waals surface area contributed by atoms with Gasteiger partial charge in [0, 0.05) is 31.6 Å². The van der Waals surface area contributed by atoms with Crippen LogP contribution in [-0.4, -0.2) is 56.8 Å². The highest BCUT2D eigenvalue weighted by molar-refractivity contribution is 7.92. The lowest BCUT2D eigenvalue weighted by atomic mass is 10.1. The zero-order valence-corrected chi connectivity index (χ0v) is 23.8. The number of ether oxygens (including phenoxy) is 2. The van der Waals surface area contributed by atoms with Gasteiger partial charge in [0.25, 0.3) is 0 Å². The van der Waals surface area contributed by atoms with Gasteiger partial charge in [-0.3, -0.25) is 13.9 Å². The summed E-state index contributed by atoms with van der Waals surface area (Å²) >= 11 is 0. The van der Waals surface area contributed by atoms with Crippen molar-refractivity contribution in [2.24, 2.45) is 0 Å². The number of carbonyl (C=O) groups is 2. The number of aryl methyl sites for hydroxylation is 1. The van der Waals surface area contributed by atoms with Crippen molar-refractivity contribution < 1.29 is 27.5 Å². The van der Waals surface area contributed by atoms with E-state index >= 15 is 0 Å². The quantitative estimate of drug-likeness (QED) is 0.421. The minimum Gasteiger partial charge on any atom is -0.454 e. The number of hydrogen-bond acceptors (Lipinski definition) is 6. The second-order valence-electron chi connectivity index (χ2n) is 10.4. The molecule has 1 fully saturated rings. The first-order chi connectivity index (χ1) is 18.7. The third-order valence-corrected chi connectivity index (χ3v) is 8.55. The van der Waals surface area contributed by atoms with Crippen LogP contribution < -0.4 is 19.1 Å². The Morgan fingerprint density at radius 2 is 1.74 bits per heavy atom. The molecular weight excluding hydrogens is 518 g/mol. The topological polar surface area (TPSA) is 105 Å². The Kier molecular flexibility index (Phi) is 9.37. The van der Waals surface area contributed by atoms with Crippen LogP contribution in [0.5, 0.6) is 11.5 Å². The largest absolute Gasteiger partial charge is 0.454 e. The second kappa shape index (κ2) is 12.7. The van der Waals surface area contributed by atoms with Gasteiger partial charge in [-0.2, -0.15) is 0 Å². The number of fused-ring (bicyclic) bond motifs is 1. The molecule has 1 aliphatic carbocycles. The van der Waals surface area contributed by atoms with Gasteiger partial charge in [-0.1, -0.05) is 49.6 Å². The summed E-state index contributed by atoms with van der Waals surface area (Å²) in [7, 11) is -3.61. The number of carbonyl (C=O) groups excluding carboxylic acids is 2. The third-order valence-electron chi connectivity index (χ3n) is 7.36. The second-order valence-corrected chi connectivity index (χ2v) is 12.3. The Labute approximate surface area is 231 Å². The van der Waals surface area contributed by atoms with E-state index in [1.807, 2.05) is 38.1 Å². The smallest absolute Gasteiger partial charge is 0.243 e. The highest BCUT2D eigenvalue weighted by Gasteiger charge is 2.31. The molecule has 0 saturated heterocycles. The zero-order valence-electron chi connectivity index (χ0n) is 23.0. The average molecular weight is 558 g/mol. The molecule has 39 heavy (non-hydrogen) atoms. The minimum absolute atomic E-state index is 0.0932. The van der Waals surface area contributed by atoms with Crippen LogP contribution in [0, 0.1) is 6.92 Å². The van der Waals surface area contributed by atoms with E-state index in [0.717, 1.165) is 43.1 Å². The summed E-state index contributed by atoms with van der Waals surface area (Å²) in [6.07, 6.45) is 6.18. The lowest BCUT2D eigenvalue weighted by Crippen LogP contribution is -2.51. The predicted octanol–water partition coefficient (Wildman–Crippen LogP) is 4.14. The van der Waals surface area contributed by atoms with Crippen LogP contribution in [0.2, 0.25) is 0 Å². The third kappa shape index (κ3) is 7.44. The fraction of sp³-hybridized carbons (Fsp3) is 0.517. The van der Waals surface area contributed by atoms with Crippen LogP contribution in [-0.2, 0) is 26.2 Å². The van der Waals surface area contributed by atoms with Crippen molar-refractivity contribution in [3.63, 3.8) is 0 Å². The standard InChI is InChI=1S/C29H39N3O6S/c1-4-25(29(34)30-23-8-5-6-9-23)31(19-22-13-11-21(2)12-14-22)28(33)10-7-17-32(39(3,35)36)24-15-16-26-27(18-24)38-20-37-26/h11-16,18,23,25H,4-10,17,19-20H2,1-3H3,(H,30,34). The number of benzene rings is 2. The number of nitrogens with one attached hydrogen (secondary N) is 1. The molecule has 1 aliphatic heterocycles. The Morgan fingerprint density at radius 3 is 2.41 bits per heavy atom. The Hall–Kier alpha value is -3.27. The Balaban J connectivity index is 1.47. The van der Waals surface area contributed by atoms with Crippen molar-refractivity contribution in [2.75, 3.05) is 23.9 Å². The molecule has 2 amide bonds. The monoisotopic (exact) mass is 557 g/mol. The van der Waals surface area contributed by atoms with Crippen LogP contribution in [0.3, 0.4) is 0 Å². The molecule has 1 N–H and O–H groups in total. The van der Waals surface area contributed by atoms with Gasteiger partial charge in [0.05, 0.1) is 11.9 Å². The van der Waals surface area contributed by atoms with E-state index in [1.165, 1.54) is 4.31 Å². The number of hydrogen-bond donors (Lipinski definition) is 1. The maximum atomic E-state index is 13.6. The summed E-state index contributed by atoms with van der Waals surface area (Å²) < 4.78 is 37.3. The van der Waals surface area contributed by atoms with E-state index in [2.05, 4.69) is 5.32 Å². The molecule has 2 aromatic carbocycles. The summed E-state index contributed by atoms with van der Waals surface area (Å²) in [4.78, 5) is 28.6. The fourth-order valence-electron chi connectivity index (χ4n) is 5.22. The number of amides is 2. The molecule has 9 nitrogen and oxygen atoms in total. The predicted molar refractivity (Wildman–Crippen MR) is 150 cm³/mol. The van der Waals surface area contributed by atoms with Crippen LogP contribution in [0.4, 0.5) is 5.69 Å². The van der Waals surface area contributed by atoms with Crippen LogP contribution >= 0.6 is 0 Å². The summed E-state index contributed by atoms with van der Waals surface area (Å²) in [6, 6.07) is 12.5. The molecule has 0 radical (unpaired) electrons. The van der Waals surface area contributed by atoms with Crippen LogP contribution in [0.1, 0.15) is 63.0 Å². The molecule has 10 heteroatoms. The van der Waals surface area contributed by atoms with E-state index in [-0.39, 0.29) is 37.6 Å². The maximum Gasteiger partial charge on any atom is 0.243 e. The van der Waals surface area contributed by atoms with E-state index in [9.17, 15) is 18.0 Å². The number of sulfonamides is 1. The molecule has 0 bridgehead atoms. The van der Waals surface area contributed by atoms with E-state index < -0.39 is 16.1 Å². The molecule has 1 heterocycles. The van der Waals surface area contributed by atoms with Gasteiger partial charge >= 0.3 is 0 Å². The van der Waals surface area contributed by atoms with Gasteiger partial charge < -0.3 is 19.7 Å². The van der Waals surface area contributed by atoms with Gasteiger partial charge in [-0.05, 0) is 50.3 Å². The Bertz CT molecular complexity index is 1260. The lowest BCUT2D eigenvalue weighted by Gasteiger charge is -2.32. The van der Waals surface area contributed by atoms with Crippen molar-refractivity contribution in [1.82, 2.24) is 10.2 Å². The zero-order chi connectivity index (χ0) is 28.0. The molecule has 0 spiro atoms.